The molecule has 0 aromatic rings. The molecule has 0 aromatic carbocycles. The van der Waals surface area contributed by atoms with Crippen molar-refractivity contribution in [2.75, 3.05) is 7.11 Å². The Balaban J connectivity index is 4.56. The number of ether oxygens (including phenoxy) is 1. The van der Waals surface area contributed by atoms with Crippen LogP contribution in [-0.4, -0.2) is 29.4 Å². The van der Waals surface area contributed by atoms with Crippen LogP contribution in [0.5, 0.6) is 0 Å². The lowest BCUT2D eigenvalue weighted by molar-refractivity contribution is -0.139. The zero-order chi connectivity index (χ0) is 8.15. The molecule has 0 heterocycles. The number of esters is 1. The van der Waals surface area contributed by atoms with Gasteiger partial charge in [-0.15, -0.1) is 0 Å². The molecule has 0 aromatic heterocycles. The molecule has 0 bridgehead atoms. The third-order valence-electron chi connectivity index (χ3n) is 0.812. The predicted octanol–water partition coefficient (Wildman–Crippen LogP) is -0.581. The zero-order valence-corrected chi connectivity index (χ0v) is 5.62. The van der Waals surface area contributed by atoms with E-state index in [0.717, 1.165) is 14.0 Å². The van der Waals surface area contributed by atoms with E-state index < -0.39 is 17.5 Å². The van der Waals surface area contributed by atoms with Gasteiger partial charge < -0.3 is 10.3 Å². The Hall–Kier alpha value is -1.48. The van der Waals surface area contributed by atoms with Crippen molar-refractivity contribution in [1.82, 2.24) is 0 Å². The SMILES string of the molecule is COC(=O)C(=[N+]=[N-])C(C)=O. The summed E-state index contributed by atoms with van der Waals surface area (Å²) in [7, 11) is 1.09. The van der Waals surface area contributed by atoms with Crippen LogP contribution in [0.1, 0.15) is 6.92 Å². The van der Waals surface area contributed by atoms with E-state index in [1.165, 1.54) is 0 Å². The highest BCUT2D eigenvalue weighted by Gasteiger charge is 2.25. The molecular formula is C5H6N2O3. The Morgan fingerprint density at radius 3 is 2.10 bits per heavy atom. The molecule has 0 fully saturated rings. The van der Waals surface area contributed by atoms with Gasteiger partial charge in [-0.1, -0.05) is 0 Å². The molecule has 54 valence electrons. The first kappa shape index (κ1) is 8.52. The van der Waals surface area contributed by atoms with E-state index >= 15 is 0 Å². The Labute approximate surface area is 57.2 Å². The molecule has 0 radical (unpaired) electrons. The van der Waals surface area contributed by atoms with E-state index in [1.54, 1.807) is 0 Å². The molecule has 0 aliphatic carbocycles. The number of methoxy groups -OCH3 is 1. The molecule has 5 heteroatoms. The van der Waals surface area contributed by atoms with Gasteiger partial charge in [0.25, 0.3) is 0 Å². The molecule has 0 atom stereocenters. The van der Waals surface area contributed by atoms with E-state index in [0.29, 0.717) is 0 Å². The fourth-order valence-electron chi connectivity index (χ4n) is 0.352. The summed E-state index contributed by atoms with van der Waals surface area (Å²) >= 11 is 0. The third kappa shape index (κ3) is 1.80. The minimum Gasteiger partial charge on any atom is -0.460 e. The van der Waals surface area contributed by atoms with Crippen LogP contribution in [0.25, 0.3) is 5.53 Å². The second-order valence-corrected chi connectivity index (χ2v) is 1.50. The molecular weight excluding hydrogens is 136 g/mol. The average molecular weight is 142 g/mol. The second kappa shape index (κ2) is 3.53. The van der Waals surface area contributed by atoms with Gasteiger partial charge in [0.2, 0.25) is 5.78 Å². The monoisotopic (exact) mass is 142 g/mol. The van der Waals surface area contributed by atoms with Gasteiger partial charge in [-0.2, -0.15) is 4.79 Å². The van der Waals surface area contributed by atoms with Gasteiger partial charge in [-0.05, 0) is 0 Å². The molecule has 0 N–H and O–H groups in total. The van der Waals surface area contributed by atoms with Gasteiger partial charge in [0.1, 0.15) is 0 Å². The summed E-state index contributed by atoms with van der Waals surface area (Å²) in [6, 6.07) is 0. The van der Waals surface area contributed by atoms with Crippen molar-refractivity contribution in [2.24, 2.45) is 0 Å². The van der Waals surface area contributed by atoms with Crippen LogP contribution in [-0.2, 0) is 14.3 Å². The maximum absolute atomic E-state index is 10.5. The summed E-state index contributed by atoms with van der Waals surface area (Å²) in [6.07, 6.45) is 0. The number of carbonyl (C=O) groups excluding carboxylic acids is 2. The normalized spacial score (nSPS) is 7.80. The smallest absolute Gasteiger partial charge is 0.441 e. The maximum Gasteiger partial charge on any atom is 0.441 e. The highest BCUT2D eigenvalue weighted by atomic mass is 16.5. The molecule has 5 nitrogen and oxygen atoms in total. The lowest BCUT2D eigenvalue weighted by Gasteiger charge is -1.87. The second-order valence-electron chi connectivity index (χ2n) is 1.50. The summed E-state index contributed by atoms with van der Waals surface area (Å²) in [5, 5.41) is 0. The fourth-order valence-corrected chi connectivity index (χ4v) is 0.352. The number of nitrogens with zero attached hydrogens (tertiary/aromatic N) is 2. The van der Waals surface area contributed by atoms with Crippen LogP contribution in [0.3, 0.4) is 0 Å². The minimum atomic E-state index is -0.935. The summed E-state index contributed by atoms with van der Waals surface area (Å²) in [4.78, 5) is 23.3. The molecule has 0 aliphatic rings. The number of ketones is 1. The van der Waals surface area contributed by atoms with Crippen LogP contribution < -0.4 is 0 Å². The Morgan fingerprint density at radius 2 is 2.00 bits per heavy atom. The standard InChI is InChI=1S/C5H6N2O3/c1-3(8)4(7-6)5(9)10-2/h1-2H3. The molecule has 0 spiro atoms. The summed E-state index contributed by atoms with van der Waals surface area (Å²) in [6.45, 7) is 1.10. The van der Waals surface area contributed by atoms with Crippen molar-refractivity contribution < 1.29 is 19.1 Å². The van der Waals surface area contributed by atoms with E-state index in [2.05, 4.69) is 9.53 Å². The Morgan fingerprint density at radius 1 is 1.50 bits per heavy atom. The van der Waals surface area contributed by atoms with Gasteiger partial charge in [0.05, 0.1) is 7.11 Å². The van der Waals surface area contributed by atoms with E-state index in [9.17, 15) is 9.59 Å². The van der Waals surface area contributed by atoms with Crippen LogP contribution in [0.4, 0.5) is 0 Å². The first-order chi connectivity index (χ1) is 4.63. The number of hydrogen-bond acceptors (Lipinski definition) is 3. The maximum atomic E-state index is 10.5. The predicted molar refractivity (Wildman–Crippen MR) is 31.3 cm³/mol. The largest absolute Gasteiger partial charge is 0.460 e. The fraction of sp³-hybridized carbons (Fsp3) is 0.400. The molecule has 0 aliphatic heterocycles. The number of Topliss-reactive ketones (excluding diaryl/α,β-unsaturated/α-hetero) is 1. The molecule has 0 unspecified atom stereocenters. The number of hydrogen-bond donors (Lipinski definition) is 0. The van der Waals surface area contributed by atoms with Gasteiger partial charge in [-0.25, -0.2) is 4.79 Å². The van der Waals surface area contributed by atoms with Crippen LogP contribution in [0.15, 0.2) is 0 Å². The first-order valence-corrected chi connectivity index (χ1v) is 2.44. The van der Waals surface area contributed by atoms with Gasteiger partial charge >= 0.3 is 11.7 Å². The molecule has 10 heavy (non-hydrogen) atoms. The average Bonchev–Trinajstić information content (AvgIpc) is 1.88. The molecule has 0 saturated carbocycles. The molecule has 0 rings (SSSR count). The summed E-state index contributed by atoms with van der Waals surface area (Å²) in [5.74, 6) is -1.57. The van der Waals surface area contributed by atoms with Crippen molar-refractivity contribution in [3.8, 4) is 0 Å². The van der Waals surface area contributed by atoms with Crippen molar-refractivity contribution in [2.45, 2.75) is 6.92 Å². The van der Waals surface area contributed by atoms with E-state index in [1.807, 2.05) is 0 Å². The van der Waals surface area contributed by atoms with Crippen LogP contribution in [0, 0.1) is 0 Å². The Bertz CT molecular complexity index is 215. The summed E-state index contributed by atoms with van der Waals surface area (Å²) in [5.41, 5.74) is 7.47. The van der Waals surface area contributed by atoms with Crippen LogP contribution >= 0.6 is 0 Å². The Kier molecular flexibility index (Phi) is 3.01. The topological polar surface area (TPSA) is 79.8 Å². The van der Waals surface area contributed by atoms with Crippen molar-refractivity contribution in [1.29, 1.82) is 0 Å². The highest BCUT2D eigenvalue weighted by Crippen LogP contribution is 1.79. The summed E-state index contributed by atoms with van der Waals surface area (Å²) < 4.78 is 4.11. The van der Waals surface area contributed by atoms with Crippen molar-refractivity contribution in [3.05, 3.63) is 5.53 Å². The minimum absolute atomic E-state index is 0.595. The quantitative estimate of drug-likeness (QED) is 0.170. The van der Waals surface area contributed by atoms with Crippen molar-refractivity contribution in [3.63, 3.8) is 0 Å². The lowest BCUT2D eigenvalue weighted by Crippen LogP contribution is -2.23. The third-order valence-corrected chi connectivity index (χ3v) is 0.812. The van der Waals surface area contributed by atoms with Crippen LogP contribution in [0.2, 0.25) is 0 Å². The zero-order valence-electron chi connectivity index (χ0n) is 5.62. The van der Waals surface area contributed by atoms with Gasteiger partial charge in [0, 0.05) is 6.92 Å². The highest BCUT2D eigenvalue weighted by molar-refractivity contribution is 6.61. The van der Waals surface area contributed by atoms with E-state index in [-0.39, 0.29) is 0 Å². The molecule has 0 saturated heterocycles. The van der Waals surface area contributed by atoms with Crippen molar-refractivity contribution >= 4 is 17.5 Å². The molecule has 0 amide bonds. The number of rotatable bonds is 2. The first-order valence-electron chi connectivity index (χ1n) is 2.44. The lowest BCUT2D eigenvalue weighted by atomic mass is 10.3. The number of carbonyl (C=O) groups is 2. The van der Waals surface area contributed by atoms with E-state index in [4.69, 9.17) is 5.53 Å². The van der Waals surface area contributed by atoms with Gasteiger partial charge in [0.15, 0.2) is 0 Å². The van der Waals surface area contributed by atoms with Gasteiger partial charge in [-0.3, -0.25) is 4.79 Å².